The molecular weight excluding hydrogens is 220 g/mol. The third-order valence-corrected chi connectivity index (χ3v) is 3.21. The molecule has 2 heterocycles. The Kier molecular flexibility index (Phi) is 3.58. The van der Waals surface area contributed by atoms with E-state index in [9.17, 15) is 0 Å². The molecule has 1 unspecified atom stereocenters. The number of aromatic nitrogens is 3. The molecule has 0 bridgehead atoms. The lowest BCUT2D eigenvalue weighted by molar-refractivity contribution is 0.186. The first-order chi connectivity index (χ1) is 8.20. The molecule has 1 aliphatic heterocycles. The van der Waals surface area contributed by atoms with Gasteiger partial charge in [-0.1, -0.05) is 5.16 Å². The minimum absolute atomic E-state index is 0.141. The van der Waals surface area contributed by atoms with Crippen molar-refractivity contribution in [1.29, 1.82) is 0 Å². The highest BCUT2D eigenvalue weighted by atomic mass is 16.4. The van der Waals surface area contributed by atoms with Crippen LogP contribution in [0.15, 0.2) is 11.5 Å². The summed E-state index contributed by atoms with van der Waals surface area (Å²) in [5, 5.41) is 15.8. The number of oxime groups is 1. The van der Waals surface area contributed by atoms with Gasteiger partial charge >= 0.3 is 0 Å². The van der Waals surface area contributed by atoms with Gasteiger partial charge in [0.2, 0.25) is 0 Å². The van der Waals surface area contributed by atoms with Crippen LogP contribution >= 0.6 is 0 Å². The molecule has 1 fully saturated rings. The Balaban J connectivity index is 1.96. The van der Waals surface area contributed by atoms with Crippen LogP contribution in [0.1, 0.15) is 18.7 Å². The van der Waals surface area contributed by atoms with Crippen molar-refractivity contribution < 1.29 is 5.21 Å². The third-order valence-electron chi connectivity index (χ3n) is 3.21. The van der Waals surface area contributed by atoms with E-state index in [1.165, 1.54) is 0 Å². The summed E-state index contributed by atoms with van der Waals surface area (Å²) in [4.78, 5) is 6.46. The van der Waals surface area contributed by atoms with Gasteiger partial charge < -0.3 is 10.9 Å². The molecule has 7 heteroatoms. The number of likely N-dealkylation sites (tertiary alicyclic amines) is 1. The standard InChI is InChI=1S/C10H18N6O/c1-15-9(12-7-13-15)6-16-4-2-3-8(5-16)10(11)14-17/h7-8,17H,2-6H2,1H3,(H2,11,14). The molecule has 3 N–H and O–H groups in total. The quantitative estimate of drug-likeness (QED) is 0.328. The molecule has 0 radical (unpaired) electrons. The van der Waals surface area contributed by atoms with Crippen molar-refractivity contribution in [1.82, 2.24) is 19.7 Å². The van der Waals surface area contributed by atoms with Crippen LogP contribution in [0.5, 0.6) is 0 Å². The van der Waals surface area contributed by atoms with Crippen LogP contribution in [0.4, 0.5) is 0 Å². The van der Waals surface area contributed by atoms with Crippen molar-refractivity contribution in [2.24, 2.45) is 23.9 Å². The average molecular weight is 238 g/mol. The highest BCUT2D eigenvalue weighted by Gasteiger charge is 2.23. The molecule has 1 aromatic rings. The van der Waals surface area contributed by atoms with Gasteiger partial charge in [-0.2, -0.15) is 5.10 Å². The first-order valence-corrected chi connectivity index (χ1v) is 5.73. The van der Waals surface area contributed by atoms with Crippen molar-refractivity contribution in [3.8, 4) is 0 Å². The van der Waals surface area contributed by atoms with E-state index in [0.29, 0.717) is 5.84 Å². The number of rotatable bonds is 3. The highest BCUT2D eigenvalue weighted by molar-refractivity contribution is 5.82. The summed E-state index contributed by atoms with van der Waals surface area (Å²) in [6.45, 7) is 2.58. The second-order valence-electron chi connectivity index (χ2n) is 4.40. The predicted octanol–water partition coefficient (Wildman–Crippen LogP) is -0.226. The molecule has 94 valence electrons. The van der Waals surface area contributed by atoms with Gasteiger partial charge in [-0.05, 0) is 19.4 Å². The summed E-state index contributed by atoms with van der Waals surface area (Å²) in [5.41, 5.74) is 5.65. The molecule has 2 rings (SSSR count). The molecule has 1 atom stereocenters. The fraction of sp³-hybridized carbons (Fsp3) is 0.700. The van der Waals surface area contributed by atoms with Crippen molar-refractivity contribution in [2.45, 2.75) is 19.4 Å². The van der Waals surface area contributed by atoms with Crippen molar-refractivity contribution in [3.63, 3.8) is 0 Å². The van der Waals surface area contributed by atoms with E-state index < -0.39 is 0 Å². The fourth-order valence-electron chi connectivity index (χ4n) is 2.19. The molecular formula is C10H18N6O. The zero-order valence-corrected chi connectivity index (χ0v) is 9.95. The maximum absolute atomic E-state index is 8.69. The zero-order chi connectivity index (χ0) is 12.3. The fourth-order valence-corrected chi connectivity index (χ4v) is 2.19. The van der Waals surface area contributed by atoms with E-state index in [1.54, 1.807) is 11.0 Å². The largest absolute Gasteiger partial charge is 0.409 e. The lowest BCUT2D eigenvalue weighted by Gasteiger charge is -2.31. The molecule has 0 amide bonds. The number of nitrogens with two attached hydrogens (primary N) is 1. The predicted molar refractivity (Wildman–Crippen MR) is 62.4 cm³/mol. The van der Waals surface area contributed by atoms with E-state index >= 15 is 0 Å². The lowest BCUT2D eigenvalue weighted by Crippen LogP contribution is -2.41. The van der Waals surface area contributed by atoms with E-state index in [2.05, 4.69) is 20.1 Å². The Morgan fingerprint density at radius 3 is 3.18 bits per heavy atom. The molecule has 0 aromatic carbocycles. The van der Waals surface area contributed by atoms with Crippen LogP contribution in [-0.4, -0.2) is 43.8 Å². The monoisotopic (exact) mass is 238 g/mol. The Morgan fingerprint density at radius 2 is 2.53 bits per heavy atom. The summed E-state index contributed by atoms with van der Waals surface area (Å²) in [6, 6.07) is 0. The third kappa shape index (κ3) is 2.73. The Morgan fingerprint density at radius 1 is 1.71 bits per heavy atom. The second kappa shape index (κ2) is 5.13. The van der Waals surface area contributed by atoms with Gasteiger partial charge in [0.1, 0.15) is 18.0 Å². The summed E-state index contributed by atoms with van der Waals surface area (Å²) < 4.78 is 1.77. The molecule has 0 saturated carbocycles. The van der Waals surface area contributed by atoms with Gasteiger partial charge in [0.25, 0.3) is 0 Å². The zero-order valence-electron chi connectivity index (χ0n) is 9.95. The molecule has 1 aromatic heterocycles. The van der Waals surface area contributed by atoms with Crippen LogP contribution in [0, 0.1) is 5.92 Å². The van der Waals surface area contributed by atoms with Gasteiger partial charge in [-0.25, -0.2) is 4.98 Å². The van der Waals surface area contributed by atoms with Crippen LogP contribution < -0.4 is 5.73 Å². The lowest BCUT2D eigenvalue weighted by atomic mass is 9.97. The van der Waals surface area contributed by atoms with Gasteiger partial charge in [0.05, 0.1) is 6.54 Å². The van der Waals surface area contributed by atoms with Crippen molar-refractivity contribution in [2.75, 3.05) is 13.1 Å². The van der Waals surface area contributed by atoms with E-state index in [1.807, 2.05) is 7.05 Å². The molecule has 1 aliphatic rings. The van der Waals surface area contributed by atoms with E-state index in [-0.39, 0.29) is 5.92 Å². The number of nitrogens with zero attached hydrogens (tertiary/aromatic N) is 5. The normalized spacial score (nSPS) is 22.9. The molecule has 17 heavy (non-hydrogen) atoms. The molecule has 1 saturated heterocycles. The number of hydrogen-bond donors (Lipinski definition) is 2. The van der Waals surface area contributed by atoms with Crippen molar-refractivity contribution >= 4 is 5.84 Å². The maximum Gasteiger partial charge on any atom is 0.143 e. The van der Waals surface area contributed by atoms with Gasteiger partial charge in [-0.3, -0.25) is 9.58 Å². The first-order valence-electron chi connectivity index (χ1n) is 5.73. The van der Waals surface area contributed by atoms with Crippen molar-refractivity contribution in [3.05, 3.63) is 12.2 Å². The first kappa shape index (κ1) is 11.8. The minimum Gasteiger partial charge on any atom is -0.409 e. The Hall–Kier alpha value is -1.63. The summed E-state index contributed by atoms with van der Waals surface area (Å²) >= 11 is 0. The maximum atomic E-state index is 8.69. The van der Waals surface area contributed by atoms with Crippen LogP contribution in [0.25, 0.3) is 0 Å². The highest BCUT2D eigenvalue weighted by Crippen LogP contribution is 2.17. The number of amidine groups is 1. The van der Waals surface area contributed by atoms with Crippen LogP contribution in [0.3, 0.4) is 0 Å². The van der Waals surface area contributed by atoms with Crippen LogP contribution in [-0.2, 0) is 13.6 Å². The van der Waals surface area contributed by atoms with Gasteiger partial charge in [0.15, 0.2) is 0 Å². The Bertz CT molecular complexity index is 401. The smallest absolute Gasteiger partial charge is 0.143 e. The van der Waals surface area contributed by atoms with E-state index in [0.717, 1.165) is 38.3 Å². The summed E-state index contributed by atoms with van der Waals surface area (Å²) in [7, 11) is 1.88. The SMILES string of the molecule is Cn1ncnc1CN1CCCC(C(N)=NO)C1. The second-order valence-corrected chi connectivity index (χ2v) is 4.40. The molecule has 0 aliphatic carbocycles. The molecule has 7 nitrogen and oxygen atoms in total. The topological polar surface area (TPSA) is 92.6 Å². The number of piperidine rings is 1. The van der Waals surface area contributed by atoms with Gasteiger partial charge in [-0.15, -0.1) is 0 Å². The van der Waals surface area contributed by atoms with Crippen LogP contribution in [0.2, 0.25) is 0 Å². The molecule has 0 spiro atoms. The number of aryl methyl sites for hydroxylation is 1. The number of hydrogen-bond acceptors (Lipinski definition) is 5. The average Bonchev–Trinajstić information content (AvgIpc) is 2.74. The van der Waals surface area contributed by atoms with E-state index in [4.69, 9.17) is 10.9 Å². The Labute approximate surface area is 99.9 Å². The summed E-state index contributed by atoms with van der Waals surface area (Å²) in [6.07, 6.45) is 3.59. The van der Waals surface area contributed by atoms with Gasteiger partial charge in [0, 0.05) is 19.5 Å². The summed E-state index contributed by atoms with van der Waals surface area (Å²) in [5.74, 6) is 1.40. The minimum atomic E-state index is 0.141.